The average Bonchev–Trinajstić information content (AvgIpc) is 3.25. The minimum Gasteiger partial charge on any atom is -0.484 e. The zero-order valence-corrected chi connectivity index (χ0v) is 25.7. The maximum atomic E-state index is 14.6. The van der Waals surface area contributed by atoms with Gasteiger partial charge in [-0.05, 0) is 86.0 Å². The summed E-state index contributed by atoms with van der Waals surface area (Å²) in [6.07, 6.45) is 0.847. The molecule has 2 heterocycles. The number of imide groups is 1. The molecule has 0 fully saturated rings. The first-order chi connectivity index (χ1) is 21.0. The molecule has 0 bridgehead atoms. The zero-order chi connectivity index (χ0) is 31.3. The number of nitrogens with zero attached hydrogens (tertiary/aromatic N) is 2. The molecule has 4 aromatic carbocycles. The Morgan fingerprint density at radius 2 is 1.66 bits per heavy atom. The van der Waals surface area contributed by atoms with Crippen molar-refractivity contribution in [3.8, 4) is 5.75 Å². The van der Waals surface area contributed by atoms with Crippen LogP contribution in [-0.4, -0.2) is 43.8 Å². The molecule has 2 atom stereocenters. The van der Waals surface area contributed by atoms with E-state index in [0.717, 1.165) is 10.5 Å². The number of sulfonamides is 1. The first-order valence-corrected chi connectivity index (χ1v) is 15.8. The molecule has 0 unspecified atom stereocenters. The number of amides is 2. The standard InChI is InChI=1S/C34H28ClFN2O5S/c1-20-8-6-9-24(16-20)44(41,42)37-19-31(22(3)38-33(39)25-10-4-5-11-26(25)34(38)40)43-30-15-14-23(18-29(30)37)17-21(2)32-27(35)12-7-13-28(32)36/h4-18,22,31H,19H2,1-3H3/b21-17+/t22-,31+/m1/s1. The average molecular weight is 631 g/mol. The Hall–Kier alpha value is -4.47. The number of aryl methyl sites for hydroxylation is 1. The van der Waals surface area contributed by atoms with Gasteiger partial charge in [-0.2, -0.15) is 0 Å². The van der Waals surface area contributed by atoms with Crippen LogP contribution in [0, 0.1) is 12.7 Å². The second-order valence-corrected chi connectivity index (χ2v) is 13.2. The first-order valence-electron chi connectivity index (χ1n) is 14.0. The highest BCUT2D eigenvalue weighted by atomic mass is 35.5. The van der Waals surface area contributed by atoms with Gasteiger partial charge in [-0.1, -0.05) is 54.1 Å². The lowest BCUT2D eigenvalue weighted by molar-refractivity contribution is 0.0435. The molecule has 0 radical (unpaired) electrons. The number of hydrogen-bond donors (Lipinski definition) is 0. The number of rotatable bonds is 6. The molecule has 0 saturated carbocycles. The molecule has 2 aliphatic heterocycles. The summed E-state index contributed by atoms with van der Waals surface area (Å²) in [6.45, 7) is 5.04. The third kappa shape index (κ3) is 5.06. The van der Waals surface area contributed by atoms with Crippen molar-refractivity contribution in [2.45, 2.75) is 37.8 Å². The predicted octanol–water partition coefficient (Wildman–Crippen LogP) is 6.99. The molecule has 7 nitrogen and oxygen atoms in total. The van der Waals surface area contributed by atoms with Crippen molar-refractivity contribution in [2.75, 3.05) is 10.8 Å². The Labute approximate surface area is 260 Å². The summed E-state index contributed by atoms with van der Waals surface area (Å²) in [5.74, 6) is -1.12. The molecule has 2 amide bonds. The van der Waals surface area contributed by atoms with Crippen LogP contribution in [0.25, 0.3) is 11.6 Å². The van der Waals surface area contributed by atoms with E-state index in [1.54, 1.807) is 93.6 Å². The van der Waals surface area contributed by atoms with Gasteiger partial charge in [0, 0.05) is 5.56 Å². The van der Waals surface area contributed by atoms with Crippen molar-refractivity contribution >= 4 is 50.8 Å². The molecule has 224 valence electrons. The second kappa shape index (κ2) is 11.2. The van der Waals surface area contributed by atoms with Crippen molar-refractivity contribution in [1.29, 1.82) is 0 Å². The van der Waals surface area contributed by atoms with Crippen LogP contribution in [0.15, 0.2) is 89.8 Å². The van der Waals surface area contributed by atoms with E-state index in [1.807, 2.05) is 0 Å². The fourth-order valence-corrected chi connectivity index (χ4v) is 7.60. The Morgan fingerprint density at radius 3 is 2.32 bits per heavy atom. The molecule has 0 saturated heterocycles. The summed E-state index contributed by atoms with van der Waals surface area (Å²) in [5, 5.41) is 0.258. The van der Waals surface area contributed by atoms with Gasteiger partial charge in [0.15, 0.2) is 0 Å². The summed E-state index contributed by atoms with van der Waals surface area (Å²) in [5.41, 5.74) is 3.04. The molecule has 0 aromatic heterocycles. The number of anilines is 1. The minimum atomic E-state index is -4.12. The molecular formula is C34H28ClFN2O5S. The van der Waals surface area contributed by atoms with Gasteiger partial charge in [0.05, 0.1) is 39.3 Å². The minimum absolute atomic E-state index is 0.0905. The molecule has 0 N–H and O–H groups in total. The number of allylic oxidation sites excluding steroid dienone is 1. The molecule has 10 heteroatoms. The maximum Gasteiger partial charge on any atom is 0.264 e. The first kappa shape index (κ1) is 29.6. The van der Waals surface area contributed by atoms with Crippen LogP contribution in [-0.2, 0) is 10.0 Å². The number of carbonyl (C=O) groups excluding carboxylic acids is 2. The fraction of sp³-hybridized carbons (Fsp3) is 0.176. The molecule has 0 aliphatic carbocycles. The van der Waals surface area contributed by atoms with Gasteiger partial charge in [0.2, 0.25) is 0 Å². The zero-order valence-electron chi connectivity index (χ0n) is 24.1. The summed E-state index contributed by atoms with van der Waals surface area (Å²) >= 11 is 6.28. The lowest BCUT2D eigenvalue weighted by atomic mass is 10.0. The van der Waals surface area contributed by atoms with Gasteiger partial charge in [-0.3, -0.25) is 18.8 Å². The smallest absolute Gasteiger partial charge is 0.264 e. The third-order valence-corrected chi connectivity index (χ3v) is 10.1. The van der Waals surface area contributed by atoms with E-state index in [4.69, 9.17) is 16.3 Å². The number of fused-ring (bicyclic) bond motifs is 2. The number of benzene rings is 4. The number of carbonyl (C=O) groups is 2. The molecule has 44 heavy (non-hydrogen) atoms. The monoisotopic (exact) mass is 630 g/mol. The van der Waals surface area contributed by atoms with Crippen molar-refractivity contribution < 1.29 is 27.1 Å². The Kier molecular flexibility index (Phi) is 7.55. The van der Waals surface area contributed by atoms with Crippen LogP contribution in [0.2, 0.25) is 5.02 Å². The van der Waals surface area contributed by atoms with Crippen LogP contribution in [0.1, 0.15) is 51.3 Å². The molecular weight excluding hydrogens is 603 g/mol. The number of hydrogen-bond acceptors (Lipinski definition) is 5. The lowest BCUT2D eigenvalue weighted by Crippen LogP contribution is -2.54. The van der Waals surface area contributed by atoms with E-state index in [0.29, 0.717) is 22.3 Å². The van der Waals surface area contributed by atoms with E-state index in [1.165, 1.54) is 22.5 Å². The molecule has 6 rings (SSSR count). The van der Waals surface area contributed by atoms with Gasteiger partial charge >= 0.3 is 0 Å². The number of ether oxygens (including phenoxy) is 1. The van der Waals surface area contributed by atoms with Crippen LogP contribution < -0.4 is 9.04 Å². The van der Waals surface area contributed by atoms with Gasteiger partial charge in [-0.25, -0.2) is 12.8 Å². The van der Waals surface area contributed by atoms with E-state index >= 15 is 0 Å². The Bertz CT molecular complexity index is 1920. The highest BCUT2D eigenvalue weighted by molar-refractivity contribution is 7.92. The second-order valence-electron chi connectivity index (χ2n) is 10.9. The van der Waals surface area contributed by atoms with Crippen molar-refractivity contribution in [3.63, 3.8) is 0 Å². The summed E-state index contributed by atoms with van der Waals surface area (Å²) < 4.78 is 50.6. The van der Waals surface area contributed by atoms with E-state index in [-0.39, 0.29) is 33.5 Å². The Balaban J connectivity index is 1.42. The normalized spacial score (nSPS) is 17.3. The van der Waals surface area contributed by atoms with Gasteiger partial charge < -0.3 is 4.74 Å². The molecule has 0 spiro atoms. The van der Waals surface area contributed by atoms with E-state index in [2.05, 4.69) is 0 Å². The largest absolute Gasteiger partial charge is 0.484 e. The van der Waals surface area contributed by atoms with Crippen LogP contribution in [0.5, 0.6) is 5.75 Å². The quantitative estimate of drug-likeness (QED) is 0.169. The fourth-order valence-electron chi connectivity index (χ4n) is 5.70. The van der Waals surface area contributed by atoms with Gasteiger partial charge in [0.1, 0.15) is 17.7 Å². The third-order valence-electron chi connectivity index (χ3n) is 7.96. The van der Waals surface area contributed by atoms with E-state index in [9.17, 15) is 22.4 Å². The predicted molar refractivity (Wildman–Crippen MR) is 168 cm³/mol. The lowest BCUT2D eigenvalue weighted by Gasteiger charge is -2.39. The number of halogens is 2. The highest BCUT2D eigenvalue weighted by Crippen LogP contribution is 2.40. The Morgan fingerprint density at radius 1 is 0.977 bits per heavy atom. The van der Waals surface area contributed by atoms with Crippen molar-refractivity contribution in [2.24, 2.45) is 0 Å². The summed E-state index contributed by atoms with van der Waals surface area (Å²) in [4.78, 5) is 27.7. The summed E-state index contributed by atoms with van der Waals surface area (Å²) in [6, 6.07) is 21.8. The maximum absolute atomic E-state index is 14.6. The molecule has 2 aliphatic rings. The summed E-state index contributed by atoms with van der Waals surface area (Å²) in [7, 11) is -4.12. The van der Waals surface area contributed by atoms with Crippen LogP contribution in [0.3, 0.4) is 0 Å². The molecule has 4 aromatic rings. The van der Waals surface area contributed by atoms with Gasteiger partial charge in [-0.15, -0.1) is 0 Å². The van der Waals surface area contributed by atoms with Crippen LogP contribution >= 0.6 is 11.6 Å². The van der Waals surface area contributed by atoms with Crippen molar-refractivity contribution in [1.82, 2.24) is 4.90 Å². The highest BCUT2D eigenvalue weighted by Gasteiger charge is 2.45. The van der Waals surface area contributed by atoms with Crippen LogP contribution in [0.4, 0.5) is 10.1 Å². The van der Waals surface area contributed by atoms with Crippen molar-refractivity contribution in [3.05, 3.63) is 124 Å². The van der Waals surface area contributed by atoms with Gasteiger partial charge in [0.25, 0.3) is 21.8 Å². The SMILES string of the molecule is C/C(=C\c1ccc2c(c1)N(S(=O)(=O)c1cccc(C)c1)C[C@@H]([C@@H](C)N1C(=O)c3ccccc3C1=O)O2)c1c(F)cccc1Cl. The van der Waals surface area contributed by atoms with E-state index < -0.39 is 39.8 Å². The topological polar surface area (TPSA) is 84.0 Å².